The monoisotopic (exact) mass is 615 g/mol. The Hall–Kier alpha value is -6.12. The summed E-state index contributed by atoms with van der Waals surface area (Å²) in [7, 11) is 0. The van der Waals surface area contributed by atoms with Crippen LogP contribution in [0.15, 0.2) is 188 Å². The Balaban J connectivity index is 1.00. The lowest BCUT2D eigenvalue weighted by Gasteiger charge is -2.25. The van der Waals surface area contributed by atoms with Crippen molar-refractivity contribution < 1.29 is 4.74 Å². The zero-order valence-corrected chi connectivity index (χ0v) is 26.4. The van der Waals surface area contributed by atoms with Gasteiger partial charge in [0.25, 0.3) is 0 Å². The summed E-state index contributed by atoms with van der Waals surface area (Å²) in [5.41, 5.74) is 11.8. The van der Waals surface area contributed by atoms with E-state index in [1.165, 1.54) is 38.6 Å². The number of hydrogen-bond donors (Lipinski definition) is 0. The molecule has 7 aromatic carbocycles. The molecular formula is C46H33NO. The van der Waals surface area contributed by atoms with E-state index < -0.39 is 0 Å². The Morgan fingerprint density at radius 1 is 0.458 bits per heavy atom. The molecule has 2 unspecified atom stereocenters. The van der Waals surface area contributed by atoms with Gasteiger partial charge >= 0.3 is 0 Å². The Kier molecular flexibility index (Phi) is 6.98. The van der Waals surface area contributed by atoms with E-state index in [0.717, 1.165) is 33.9 Å². The first-order chi connectivity index (χ1) is 23.8. The molecule has 1 aliphatic carbocycles. The largest absolute Gasteiger partial charge is 0.484 e. The maximum Gasteiger partial charge on any atom is 0.135 e. The topological polar surface area (TPSA) is 12.5 Å². The van der Waals surface area contributed by atoms with Gasteiger partial charge in [-0.05, 0) is 75.5 Å². The van der Waals surface area contributed by atoms with E-state index >= 15 is 0 Å². The molecule has 1 aliphatic heterocycles. The third-order valence-electron chi connectivity index (χ3n) is 9.62. The predicted octanol–water partition coefficient (Wildman–Crippen LogP) is 12.1. The molecule has 0 bridgehead atoms. The fraction of sp³-hybridized carbons (Fsp3) is 0.0435. The highest BCUT2D eigenvalue weighted by molar-refractivity contribution is 5.92. The zero-order chi connectivity index (χ0) is 31.9. The van der Waals surface area contributed by atoms with Gasteiger partial charge in [0.15, 0.2) is 0 Å². The first-order valence-electron chi connectivity index (χ1n) is 16.6. The van der Waals surface area contributed by atoms with Crippen molar-refractivity contribution in [3.63, 3.8) is 0 Å². The van der Waals surface area contributed by atoms with Gasteiger partial charge in [-0.15, -0.1) is 0 Å². The van der Waals surface area contributed by atoms with Crippen LogP contribution < -0.4 is 9.64 Å². The van der Waals surface area contributed by atoms with Crippen molar-refractivity contribution in [1.29, 1.82) is 0 Å². The molecule has 9 rings (SSSR count). The normalized spacial score (nSPS) is 16.1. The van der Waals surface area contributed by atoms with Crippen LogP contribution in [0, 0.1) is 0 Å². The van der Waals surface area contributed by atoms with Crippen LogP contribution in [0.2, 0.25) is 0 Å². The van der Waals surface area contributed by atoms with Gasteiger partial charge in [-0.2, -0.15) is 0 Å². The van der Waals surface area contributed by atoms with Crippen LogP contribution in [0.4, 0.5) is 17.1 Å². The Bertz CT molecular complexity index is 2270. The average molecular weight is 616 g/mol. The molecule has 228 valence electrons. The van der Waals surface area contributed by atoms with E-state index in [-0.39, 0.29) is 12.0 Å². The molecule has 2 nitrogen and oxygen atoms in total. The van der Waals surface area contributed by atoms with Gasteiger partial charge in [-0.1, -0.05) is 146 Å². The van der Waals surface area contributed by atoms with E-state index in [2.05, 4.69) is 193 Å². The highest BCUT2D eigenvalue weighted by atomic mass is 16.5. The number of rotatable bonds is 6. The summed E-state index contributed by atoms with van der Waals surface area (Å²) in [4.78, 5) is 2.31. The minimum atomic E-state index is -0.0154. The number of para-hydroxylation sites is 3. The Morgan fingerprint density at radius 3 is 1.81 bits per heavy atom. The quantitative estimate of drug-likeness (QED) is 0.185. The molecule has 0 N–H and O–H groups in total. The van der Waals surface area contributed by atoms with Gasteiger partial charge in [-0.25, -0.2) is 0 Å². The van der Waals surface area contributed by atoms with Crippen LogP contribution in [-0.2, 0) is 0 Å². The van der Waals surface area contributed by atoms with Crippen molar-refractivity contribution in [2.75, 3.05) is 4.90 Å². The van der Waals surface area contributed by atoms with Gasteiger partial charge in [0.05, 0.1) is 0 Å². The zero-order valence-electron chi connectivity index (χ0n) is 26.4. The fourth-order valence-corrected chi connectivity index (χ4v) is 7.26. The second-order valence-corrected chi connectivity index (χ2v) is 12.5. The molecule has 2 atom stereocenters. The van der Waals surface area contributed by atoms with Crippen LogP contribution in [0.5, 0.6) is 5.75 Å². The lowest BCUT2D eigenvalue weighted by atomic mass is 9.84. The number of ether oxygens (including phenoxy) is 1. The third-order valence-corrected chi connectivity index (χ3v) is 9.62. The van der Waals surface area contributed by atoms with E-state index in [1.54, 1.807) is 0 Å². The number of anilines is 3. The minimum Gasteiger partial charge on any atom is -0.484 e. The van der Waals surface area contributed by atoms with Crippen LogP contribution in [0.3, 0.4) is 0 Å². The molecule has 7 aromatic rings. The molecule has 0 fully saturated rings. The summed E-state index contributed by atoms with van der Waals surface area (Å²) >= 11 is 0. The highest BCUT2D eigenvalue weighted by Crippen LogP contribution is 2.50. The van der Waals surface area contributed by atoms with Crippen molar-refractivity contribution >= 4 is 33.4 Å². The molecule has 2 aliphatic rings. The second kappa shape index (κ2) is 11.9. The molecular weight excluding hydrogens is 583 g/mol. The van der Waals surface area contributed by atoms with Gasteiger partial charge in [0.1, 0.15) is 11.9 Å². The maximum absolute atomic E-state index is 6.79. The summed E-state index contributed by atoms with van der Waals surface area (Å²) in [6.45, 7) is 0. The molecule has 0 aromatic heterocycles. The molecule has 1 heterocycles. The van der Waals surface area contributed by atoms with E-state index in [9.17, 15) is 0 Å². The van der Waals surface area contributed by atoms with Gasteiger partial charge in [-0.3, -0.25) is 0 Å². The Morgan fingerprint density at radius 2 is 1.08 bits per heavy atom. The SMILES string of the molecule is C1=CC2c3cccc(-c4ccc(-c5ccc6cc(N(c7ccccc7)c7ccccc7)ccc6c5)cc4)c3OC2C(c2ccccc2)=C1. The summed E-state index contributed by atoms with van der Waals surface area (Å²) in [6.07, 6.45) is 6.64. The average Bonchev–Trinajstić information content (AvgIpc) is 3.55. The molecule has 0 spiro atoms. The minimum absolute atomic E-state index is 0.0154. The van der Waals surface area contributed by atoms with Crippen molar-refractivity contribution in [1.82, 2.24) is 0 Å². The van der Waals surface area contributed by atoms with E-state index in [1.807, 2.05) is 0 Å². The summed E-state index contributed by atoms with van der Waals surface area (Å²) in [5, 5.41) is 2.43. The highest BCUT2D eigenvalue weighted by Gasteiger charge is 2.38. The number of nitrogens with zero attached hydrogens (tertiary/aromatic N) is 1. The lowest BCUT2D eigenvalue weighted by molar-refractivity contribution is 0.279. The van der Waals surface area contributed by atoms with Crippen LogP contribution in [0.25, 0.3) is 38.6 Å². The first kappa shape index (κ1) is 28.1. The van der Waals surface area contributed by atoms with Crippen molar-refractivity contribution in [3.05, 3.63) is 199 Å². The number of hydrogen-bond acceptors (Lipinski definition) is 2. The summed E-state index contributed by atoms with van der Waals surface area (Å²) in [6, 6.07) is 60.7. The van der Waals surface area contributed by atoms with Crippen molar-refractivity contribution in [3.8, 4) is 28.0 Å². The standard InChI is InChI=1S/C46H33NO/c1-4-12-33(13-5-1)41-18-10-20-43-44-21-11-19-42(46(44)48-45(41)43)34-24-22-32(23-25-34)35-26-27-37-31-40(29-28-36(37)30-35)47(38-14-6-2-7-15-38)39-16-8-3-9-17-39/h1-31,43,45H. The fourth-order valence-electron chi connectivity index (χ4n) is 7.26. The van der Waals surface area contributed by atoms with Crippen molar-refractivity contribution in [2.24, 2.45) is 0 Å². The molecule has 48 heavy (non-hydrogen) atoms. The van der Waals surface area contributed by atoms with E-state index in [4.69, 9.17) is 4.74 Å². The lowest BCUT2D eigenvalue weighted by Crippen LogP contribution is -2.21. The summed E-state index contributed by atoms with van der Waals surface area (Å²) < 4.78 is 6.79. The predicted molar refractivity (Wildman–Crippen MR) is 200 cm³/mol. The van der Waals surface area contributed by atoms with Crippen molar-refractivity contribution in [2.45, 2.75) is 12.0 Å². The van der Waals surface area contributed by atoms with Crippen LogP contribution >= 0.6 is 0 Å². The van der Waals surface area contributed by atoms with Gasteiger partial charge < -0.3 is 9.64 Å². The number of benzene rings is 7. The maximum atomic E-state index is 6.79. The molecule has 0 saturated carbocycles. The van der Waals surface area contributed by atoms with Gasteiger partial charge in [0.2, 0.25) is 0 Å². The number of allylic oxidation sites excluding steroid dienone is 2. The molecule has 2 heteroatoms. The van der Waals surface area contributed by atoms with Gasteiger partial charge in [0, 0.05) is 39.7 Å². The smallest absolute Gasteiger partial charge is 0.135 e. The number of fused-ring (bicyclic) bond motifs is 4. The molecule has 0 saturated heterocycles. The molecule has 0 amide bonds. The molecule has 0 radical (unpaired) electrons. The van der Waals surface area contributed by atoms with E-state index in [0.29, 0.717) is 0 Å². The van der Waals surface area contributed by atoms with Crippen LogP contribution in [0.1, 0.15) is 17.0 Å². The second-order valence-electron chi connectivity index (χ2n) is 12.5. The third kappa shape index (κ3) is 4.99. The Labute approximate surface area is 281 Å². The summed E-state index contributed by atoms with van der Waals surface area (Å²) in [5.74, 6) is 1.21. The first-order valence-corrected chi connectivity index (χ1v) is 16.6. The van der Waals surface area contributed by atoms with Crippen LogP contribution in [-0.4, -0.2) is 6.10 Å².